The minimum absolute atomic E-state index is 0.211. The Morgan fingerprint density at radius 3 is 2.69 bits per heavy atom. The van der Waals surface area contributed by atoms with E-state index in [1.54, 1.807) is 0 Å². The number of amidine groups is 1. The molecular weight excluding hydrogens is 223 g/mol. The molecule has 0 radical (unpaired) electrons. The average Bonchev–Trinajstić information content (AvgIpc) is 2.16. The first-order valence-electron chi connectivity index (χ1n) is 4.34. The summed E-state index contributed by atoms with van der Waals surface area (Å²) >= 11 is 0. The highest BCUT2D eigenvalue weighted by atomic mass is 19.4. The second-order valence-corrected chi connectivity index (χ2v) is 3.10. The zero-order chi connectivity index (χ0) is 12.3. The number of nitrogens with zero attached hydrogens (tertiary/aromatic N) is 1. The van der Waals surface area contributed by atoms with E-state index in [0.717, 1.165) is 6.92 Å². The molecule has 1 aromatic heterocycles. The van der Waals surface area contributed by atoms with Crippen molar-refractivity contribution in [2.24, 2.45) is 5.73 Å². The van der Waals surface area contributed by atoms with E-state index in [2.05, 4.69) is 9.72 Å². The molecule has 0 bridgehead atoms. The van der Waals surface area contributed by atoms with E-state index < -0.39 is 12.3 Å². The van der Waals surface area contributed by atoms with Gasteiger partial charge in [0, 0.05) is 17.8 Å². The van der Waals surface area contributed by atoms with Crippen LogP contribution in [0.2, 0.25) is 0 Å². The smallest absolute Gasteiger partial charge is 0.425 e. The lowest BCUT2D eigenvalue weighted by atomic mass is 10.2. The number of rotatable bonds is 3. The van der Waals surface area contributed by atoms with Crippen LogP contribution in [0.3, 0.4) is 0 Å². The van der Waals surface area contributed by atoms with Gasteiger partial charge in [-0.05, 0) is 13.0 Å². The Morgan fingerprint density at radius 1 is 1.56 bits per heavy atom. The molecule has 0 aliphatic carbocycles. The summed E-state index contributed by atoms with van der Waals surface area (Å²) in [7, 11) is 0. The topological polar surface area (TPSA) is 72.0 Å². The molecule has 1 unspecified atom stereocenters. The van der Waals surface area contributed by atoms with Crippen molar-refractivity contribution < 1.29 is 17.9 Å². The van der Waals surface area contributed by atoms with Crippen LogP contribution in [0.25, 0.3) is 0 Å². The van der Waals surface area contributed by atoms with Gasteiger partial charge in [0.25, 0.3) is 0 Å². The largest absolute Gasteiger partial charge is 0.465 e. The van der Waals surface area contributed by atoms with Crippen molar-refractivity contribution in [2.75, 3.05) is 0 Å². The maximum absolute atomic E-state index is 12.2. The maximum Gasteiger partial charge on any atom is 0.425 e. The highest BCUT2D eigenvalue weighted by Gasteiger charge is 2.38. The third-order valence-electron chi connectivity index (χ3n) is 1.80. The van der Waals surface area contributed by atoms with Crippen molar-refractivity contribution in [3.05, 3.63) is 23.9 Å². The zero-order valence-electron chi connectivity index (χ0n) is 8.38. The van der Waals surface area contributed by atoms with Gasteiger partial charge in [-0.15, -0.1) is 0 Å². The molecule has 0 saturated heterocycles. The Bertz CT molecular complexity index is 392. The molecule has 4 nitrogen and oxygen atoms in total. The maximum atomic E-state index is 12.2. The number of hydrogen-bond donors (Lipinski definition) is 2. The second-order valence-electron chi connectivity index (χ2n) is 3.10. The SMILES string of the molecule is CC(Oc1cc(C(=N)N)ccn1)C(F)(F)F. The summed E-state index contributed by atoms with van der Waals surface area (Å²) in [6, 6.07) is 2.60. The summed E-state index contributed by atoms with van der Waals surface area (Å²) in [5.74, 6) is -0.468. The van der Waals surface area contributed by atoms with Crippen LogP contribution in [0.15, 0.2) is 18.3 Å². The van der Waals surface area contributed by atoms with Crippen molar-refractivity contribution >= 4 is 5.84 Å². The molecule has 0 aromatic carbocycles. The quantitative estimate of drug-likeness (QED) is 0.616. The molecule has 1 aromatic rings. The van der Waals surface area contributed by atoms with Gasteiger partial charge < -0.3 is 10.5 Å². The summed E-state index contributed by atoms with van der Waals surface area (Å²) in [6.45, 7) is 0.877. The number of ether oxygens (including phenoxy) is 1. The lowest BCUT2D eigenvalue weighted by Crippen LogP contribution is -2.31. The molecule has 7 heteroatoms. The summed E-state index contributed by atoms with van der Waals surface area (Å²) in [5, 5.41) is 7.11. The summed E-state index contributed by atoms with van der Waals surface area (Å²) in [4.78, 5) is 3.60. The van der Waals surface area contributed by atoms with Crippen molar-refractivity contribution in [3.8, 4) is 5.88 Å². The number of nitrogens with two attached hydrogens (primary N) is 1. The van der Waals surface area contributed by atoms with E-state index in [-0.39, 0.29) is 17.3 Å². The molecule has 88 valence electrons. The molecule has 1 atom stereocenters. The van der Waals surface area contributed by atoms with Crippen LogP contribution in [-0.4, -0.2) is 23.1 Å². The highest BCUT2D eigenvalue weighted by Crippen LogP contribution is 2.24. The minimum Gasteiger partial charge on any atom is -0.465 e. The van der Waals surface area contributed by atoms with Crippen LogP contribution in [-0.2, 0) is 0 Å². The molecule has 1 rings (SSSR count). The second kappa shape index (κ2) is 4.38. The molecule has 0 fully saturated rings. The van der Waals surface area contributed by atoms with Crippen LogP contribution in [0.5, 0.6) is 5.88 Å². The summed E-state index contributed by atoms with van der Waals surface area (Å²) in [5.41, 5.74) is 5.44. The lowest BCUT2D eigenvalue weighted by molar-refractivity contribution is -0.189. The molecule has 1 heterocycles. The fourth-order valence-electron chi connectivity index (χ4n) is 0.889. The first kappa shape index (κ1) is 12.3. The van der Waals surface area contributed by atoms with Gasteiger partial charge in [0.05, 0.1) is 0 Å². The number of alkyl halides is 3. The van der Waals surface area contributed by atoms with Gasteiger partial charge in [0.1, 0.15) is 5.84 Å². The zero-order valence-corrected chi connectivity index (χ0v) is 8.38. The van der Waals surface area contributed by atoms with Crippen LogP contribution in [0.4, 0.5) is 13.2 Å². The number of nitrogens with one attached hydrogen (secondary N) is 1. The van der Waals surface area contributed by atoms with Crippen LogP contribution in [0, 0.1) is 5.41 Å². The average molecular weight is 233 g/mol. The first-order valence-corrected chi connectivity index (χ1v) is 4.34. The van der Waals surface area contributed by atoms with E-state index in [1.807, 2.05) is 0 Å². The first-order chi connectivity index (χ1) is 7.30. The molecule has 0 aliphatic heterocycles. The molecule has 3 N–H and O–H groups in total. The fourth-order valence-corrected chi connectivity index (χ4v) is 0.889. The number of aromatic nitrogens is 1. The van der Waals surface area contributed by atoms with Crippen LogP contribution < -0.4 is 10.5 Å². The van der Waals surface area contributed by atoms with E-state index in [4.69, 9.17) is 11.1 Å². The third kappa shape index (κ3) is 3.11. The van der Waals surface area contributed by atoms with E-state index >= 15 is 0 Å². The minimum atomic E-state index is -4.45. The van der Waals surface area contributed by atoms with Gasteiger partial charge in [-0.3, -0.25) is 5.41 Å². The van der Waals surface area contributed by atoms with E-state index in [1.165, 1.54) is 18.3 Å². The Morgan fingerprint density at radius 2 is 2.19 bits per heavy atom. The monoisotopic (exact) mass is 233 g/mol. The van der Waals surface area contributed by atoms with Crippen LogP contribution >= 0.6 is 0 Å². The highest BCUT2D eigenvalue weighted by molar-refractivity contribution is 5.95. The Kier molecular flexibility index (Phi) is 3.36. The van der Waals surface area contributed by atoms with E-state index in [0.29, 0.717) is 0 Å². The van der Waals surface area contributed by atoms with Gasteiger partial charge in [-0.2, -0.15) is 13.2 Å². The summed E-state index contributed by atoms with van der Waals surface area (Å²) < 4.78 is 41.1. The normalized spacial score (nSPS) is 13.2. The van der Waals surface area contributed by atoms with Crippen molar-refractivity contribution in [1.82, 2.24) is 4.98 Å². The molecule has 0 aliphatic rings. The van der Waals surface area contributed by atoms with Gasteiger partial charge >= 0.3 is 6.18 Å². The summed E-state index contributed by atoms with van der Waals surface area (Å²) in [6.07, 6.45) is -5.18. The van der Waals surface area contributed by atoms with Crippen molar-refractivity contribution in [2.45, 2.75) is 19.2 Å². The third-order valence-corrected chi connectivity index (χ3v) is 1.80. The number of pyridine rings is 1. The predicted molar refractivity (Wildman–Crippen MR) is 51.4 cm³/mol. The van der Waals surface area contributed by atoms with Gasteiger partial charge in [0.15, 0.2) is 6.10 Å². The predicted octanol–water partition coefficient (Wildman–Crippen LogP) is 1.70. The molecule has 0 saturated carbocycles. The van der Waals surface area contributed by atoms with Crippen LogP contribution in [0.1, 0.15) is 12.5 Å². The lowest BCUT2D eigenvalue weighted by Gasteiger charge is -2.16. The molecule has 0 amide bonds. The van der Waals surface area contributed by atoms with E-state index in [9.17, 15) is 13.2 Å². The molecular formula is C9H10F3N3O. The Hall–Kier alpha value is -1.79. The van der Waals surface area contributed by atoms with Crippen molar-refractivity contribution in [1.29, 1.82) is 5.41 Å². The van der Waals surface area contributed by atoms with Crippen molar-refractivity contribution in [3.63, 3.8) is 0 Å². The molecule has 16 heavy (non-hydrogen) atoms. The van der Waals surface area contributed by atoms with Gasteiger partial charge in [-0.1, -0.05) is 0 Å². The standard InChI is InChI=1S/C9H10F3N3O/c1-5(9(10,11)12)16-7-4-6(8(13)14)2-3-15-7/h2-5H,1H3,(H3,13,14). The fraction of sp³-hybridized carbons (Fsp3) is 0.333. The number of halogens is 3. The molecule has 0 spiro atoms. The van der Waals surface area contributed by atoms with Gasteiger partial charge in [0.2, 0.25) is 5.88 Å². The van der Waals surface area contributed by atoms with Gasteiger partial charge in [-0.25, -0.2) is 4.98 Å². The Balaban J connectivity index is 2.82. The number of hydrogen-bond acceptors (Lipinski definition) is 3. The Labute approximate surface area is 89.7 Å². The number of nitrogen functional groups attached to an aromatic ring is 1.